The summed E-state index contributed by atoms with van der Waals surface area (Å²) >= 11 is 5.70. The molecular formula is C21H21ClO4. The second-order valence-electron chi connectivity index (χ2n) is 5.73. The van der Waals surface area contributed by atoms with Gasteiger partial charge in [0.25, 0.3) is 0 Å². The van der Waals surface area contributed by atoms with Gasteiger partial charge in [0.1, 0.15) is 43.2 Å². The standard InChI is InChI=1S/C21H21ClO4/c22-12-13-24-20-10-11-21(19-9-5-4-8-18(19)20)26-15-16(23)14-25-17-6-2-1-3-7-17/h1-11,16,23H,12-15H2. The number of ether oxygens (including phenoxy) is 3. The van der Waals surface area contributed by atoms with Gasteiger partial charge in [-0.2, -0.15) is 0 Å². The number of halogens is 1. The Kier molecular flexibility index (Phi) is 6.58. The lowest BCUT2D eigenvalue weighted by molar-refractivity contribution is 0.0632. The fourth-order valence-electron chi connectivity index (χ4n) is 2.59. The highest BCUT2D eigenvalue weighted by molar-refractivity contribution is 6.18. The SMILES string of the molecule is OC(COc1ccccc1)COc1ccc(OCCCl)c2ccccc12. The second kappa shape index (κ2) is 9.32. The van der Waals surface area contributed by atoms with Crippen molar-refractivity contribution in [2.75, 3.05) is 25.7 Å². The van der Waals surface area contributed by atoms with Gasteiger partial charge in [-0.3, -0.25) is 0 Å². The van der Waals surface area contributed by atoms with E-state index in [9.17, 15) is 5.11 Å². The molecular weight excluding hydrogens is 352 g/mol. The minimum atomic E-state index is -0.735. The average Bonchev–Trinajstić information content (AvgIpc) is 2.70. The summed E-state index contributed by atoms with van der Waals surface area (Å²) < 4.78 is 17.0. The van der Waals surface area contributed by atoms with Gasteiger partial charge in [0.05, 0.1) is 5.88 Å². The molecule has 3 aromatic rings. The first kappa shape index (κ1) is 18.4. The minimum absolute atomic E-state index is 0.138. The third-order valence-electron chi connectivity index (χ3n) is 3.80. The van der Waals surface area contributed by atoms with Gasteiger partial charge in [0.15, 0.2) is 0 Å². The quantitative estimate of drug-likeness (QED) is 0.570. The molecule has 0 aliphatic rings. The first-order valence-corrected chi connectivity index (χ1v) is 9.00. The van der Waals surface area contributed by atoms with Crippen LogP contribution in [0.15, 0.2) is 66.7 Å². The molecule has 0 radical (unpaired) electrons. The van der Waals surface area contributed by atoms with Crippen LogP contribution in [-0.2, 0) is 0 Å². The summed E-state index contributed by atoms with van der Waals surface area (Å²) in [5, 5.41) is 12.0. The summed E-state index contributed by atoms with van der Waals surface area (Å²) in [4.78, 5) is 0. The van der Waals surface area contributed by atoms with Crippen LogP contribution in [0.1, 0.15) is 0 Å². The number of rotatable bonds is 9. The molecule has 0 aromatic heterocycles. The molecule has 0 fully saturated rings. The number of hydrogen-bond donors (Lipinski definition) is 1. The van der Waals surface area contributed by atoms with E-state index in [0.717, 1.165) is 22.3 Å². The maximum Gasteiger partial charge on any atom is 0.127 e. The first-order valence-electron chi connectivity index (χ1n) is 8.47. The van der Waals surface area contributed by atoms with Crippen molar-refractivity contribution in [2.24, 2.45) is 0 Å². The van der Waals surface area contributed by atoms with Crippen LogP contribution in [0.2, 0.25) is 0 Å². The van der Waals surface area contributed by atoms with Crippen LogP contribution >= 0.6 is 11.6 Å². The molecule has 1 N–H and O–H groups in total. The zero-order valence-electron chi connectivity index (χ0n) is 14.3. The van der Waals surface area contributed by atoms with Crippen molar-refractivity contribution < 1.29 is 19.3 Å². The van der Waals surface area contributed by atoms with Crippen molar-refractivity contribution in [3.05, 3.63) is 66.7 Å². The number of aliphatic hydroxyl groups is 1. The summed E-state index contributed by atoms with van der Waals surface area (Å²) in [6.45, 7) is 0.749. The van der Waals surface area contributed by atoms with Crippen LogP contribution in [0.4, 0.5) is 0 Å². The average molecular weight is 373 g/mol. The lowest BCUT2D eigenvalue weighted by atomic mass is 10.1. The molecule has 4 nitrogen and oxygen atoms in total. The molecule has 26 heavy (non-hydrogen) atoms. The van der Waals surface area contributed by atoms with Crippen molar-refractivity contribution in [3.8, 4) is 17.2 Å². The van der Waals surface area contributed by atoms with E-state index in [1.807, 2.05) is 66.7 Å². The zero-order chi connectivity index (χ0) is 18.2. The third kappa shape index (κ3) is 4.81. The molecule has 136 valence electrons. The van der Waals surface area contributed by atoms with Crippen LogP contribution in [0.3, 0.4) is 0 Å². The molecule has 1 atom stereocenters. The van der Waals surface area contributed by atoms with E-state index < -0.39 is 6.10 Å². The van der Waals surface area contributed by atoms with Crippen molar-refractivity contribution in [3.63, 3.8) is 0 Å². The molecule has 3 rings (SSSR count). The van der Waals surface area contributed by atoms with E-state index in [4.69, 9.17) is 25.8 Å². The van der Waals surface area contributed by atoms with E-state index in [0.29, 0.717) is 18.2 Å². The van der Waals surface area contributed by atoms with Gasteiger partial charge < -0.3 is 19.3 Å². The fourth-order valence-corrected chi connectivity index (χ4v) is 2.66. The lowest BCUT2D eigenvalue weighted by Gasteiger charge is -2.16. The molecule has 0 aliphatic heterocycles. The number of hydrogen-bond acceptors (Lipinski definition) is 4. The normalized spacial score (nSPS) is 11.9. The van der Waals surface area contributed by atoms with Crippen LogP contribution in [0.25, 0.3) is 10.8 Å². The van der Waals surface area contributed by atoms with Crippen LogP contribution < -0.4 is 14.2 Å². The predicted molar refractivity (Wildman–Crippen MR) is 104 cm³/mol. The van der Waals surface area contributed by atoms with Gasteiger partial charge in [-0.15, -0.1) is 11.6 Å². The number of benzene rings is 3. The Balaban J connectivity index is 1.63. The number of fused-ring (bicyclic) bond motifs is 1. The molecule has 1 unspecified atom stereocenters. The molecule has 0 spiro atoms. The lowest BCUT2D eigenvalue weighted by Crippen LogP contribution is -2.25. The Bertz CT molecular complexity index is 823. The third-order valence-corrected chi connectivity index (χ3v) is 3.95. The zero-order valence-corrected chi connectivity index (χ0v) is 15.1. The Hall–Kier alpha value is -2.43. The summed E-state index contributed by atoms with van der Waals surface area (Å²) in [7, 11) is 0. The molecule has 0 bridgehead atoms. The van der Waals surface area contributed by atoms with Gasteiger partial charge in [0, 0.05) is 10.8 Å². The minimum Gasteiger partial charge on any atom is -0.492 e. The van der Waals surface area contributed by atoms with Crippen LogP contribution in [-0.4, -0.2) is 36.9 Å². The largest absolute Gasteiger partial charge is 0.492 e. The van der Waals surface area contributed by atoms with E-state index >= 15 is 0 Å². The maximum absolute atomic E-state index is 10.1. The predicted octanol–water partition coefficient (Wildman–Crippen LogP) is 4.28. The van der Waals surface area contributed by atoms with Gasteiger partial charge in [-0.05, 0) is 24.3 Å². The molecule has 0 heterocycles. The monoisotopic (exact) mass is 372 g/mol. The van der Waals surface area contributed by atoms with E-state index in [1.54, 1.807) is 0 Å². The molecule has 0 saturated heterocycles. The van der Waals surface area contributed by atoms with Crippen LogP contribution in [0.5, 0.6) is 17.2 Å². The number of aliphatic hydroxyl groups excluding tert-OH is 1. The fraction of sp³-hybridized carbons (Fsp3) is 0.238. The van der Waals surface area contributed by atoms with Crippen molar-refractivity contribution in [2.45, 2.75) is 6.10 Å². The summed E-state index contributed by atoms with van der Waals surface area (Å²) in [6, 6.07) is 20.9. The highest BCUT2D eigenvalue weighted by Crippen LogP contribution is 2.33. The molecule has 0 amide bonds. The maximum atomic E-state index is 10.1. The smallest absolute Gasteiger partial charge is 0.127 e. The van der Waals surface area contributed by atoms with Crippen molar-refractivity contribution >= 4 is 22.4 Å². The van der Waals surface area contributed by atoms with Gasteiger partial charge >= 0.3 is 0 Å². The Labute approximate surface area is 157 Å². The van der Waals surface area contributed by atoms with E-state index in [2.05, 4.69) is 0 Å². The number of alkyl halides is 1. The molecule has 0 aliphatic carbocycles. The highest BCUT2D eigenvalue weighted by atomic mass is 35.5. The van der Waals surface area contributed by atoms with Crippen LogP contribution in [0, 0.1) is 0 Å². The Morgan fingerprint density at radius 1 is 0.731 bits per heavy atom. The first-order chi connectivity index (χ1) is 12.8. The summed E-state index contributed by atoms with van der Waals surface area (Å²) in [6.07, 6.45) is -0.735. The van der Waals surface area contributed by atoms with Gasteiger partial charge in [-0.25, -0.2) is 0 Å². The molecule has 0 saturated carbocycles. The molecule has 5 heteroatoms. The Morgan fingerprint density at radius 2 is 1.31 bits per heavy atom. The second-order valence-corrected chi connectivity index (χ2v) is 6.11. The Morgan fingerprint density at radius 3 is 1.96 bits per heavy atom. The number of para-hydroxylation sites is 1. The summed E-state index contributed by atoms with van der Waals surface area (Å²) in [5.74, 6) is 2.61. The summed E-state index contributed by atoms with van der Waals surface area (Å²) in [5.41, 5.74) is 0. The van der Waals surface area contributed by atoms with Crippen molar-refractivity contribution in [1.29, 1.82) is 0 Å². The highest BCUT2D eigenvalue weighted by Gasteiger charge is 2.11. The molecule has 3 aromatic carbocycles. The van der Waals surface area contributed by atoms with E-state index in [1.165, 1.54) is 0 Å². The van der Waals surface area contributed by atoms with Gasteiger partial charge in [0.2, 0.25) is 0 Å². The topological polar surface area (TPSA) is 47.9 Å². The van der Waals surface area contributed by atoms with Gasteiger partial charge in [-0.1, -0.05) is 42.5 Å². The van der Waals surface area contributed by atoms with E-state index in [-0.39, 0.29) is 13.2 Å². The van der Waals surface area contributed by atoms with Crippen molar-refractivity contribution in [1.82, 2.24) is 0 Å².